The number of likely N-dealkylation sites (N-methyl/N-ethyl adjacent to an activating group) is 1. The number of imidazole rings is 1. The van der Waals surface area contributed by atoms with Crippen molar-refractivity contribution in [2.75, 3.05) is 50.0 Å². The molecule has 3 heterocycles. The molecule has 0 bridgehead atoms. The van der Waals surface area contributed by atoms with E-state index in [1.165, 1.54) is 63.0 Å². The number of benzene rings is 1. The van der Waals surface area contributed by atoms with Crippen LogP contribution in [0.5, 0.6) is 0 Å². The molecule has 5 rings (SSSR count). The molecule has 1 unspecified atom stereocenters. The van der Waals surface area contributed by atoms with E-state index in [0.717, 1.165) is 46.1 Å². The average molecular weight is 510 g/mol. The number of anilines is 2. The third kappa shape index (κ3) is 6.00. The number of rotatable bonds is 10. The van der Waals surface area contributed by atoms with Crippen molar-refractivity contribution in [3.63, 3.8) is 0 Å². The molecule has 194 valence electrons. The van der Waals surface area contributed by atoms with Crippen molar-refractivity contribution >= 4 is 33.2 Å². The molecule has 1 atom stereocenters. The van der Waals surface area contributed by atoms with Gasteiger partial charge in [0.25, 0.3) is 0 Å². The molecule has 1 aliphatic carbocycles. The quantitative estimate of drug-likeness (QED) is 0.392. The summed E-state index contributed by atoms with van der Waals surface area (Å²) < 4.78 is 1.93. The average Bonchev–Trinajstić information content (AvgIpc) is 3.61. The fraction of sp³-hybridized carbons (Fsp3) is 0.593. The Balaban J connectivity index is 1.21. The van der Waals surface area contributed by atoms with Gasteiger partial charge in [-0.2, -0.15) is 4.52 Å². The number of carbonyl (C=O) groups excluding carboxylic acids is 1. The molecule has 2 fully saturated rings. The summed E-state index contributed by atoms with van der Waals surface area (Å²) in [6.07, 6.45) is 8.50. The first-order valence-corrected chi connectivity index (χ1v) is 14.3. The van der Waals surface area contributed by atoms with Crippen molar-refractivity contribution in [3.8, 4) is 11.3 Å². The van der Waals surface area contributed by atoms with Crippen LogP contribution < -0.4 is 15.5 Å². The highest BCUT2D eigenvalue weighted by atomic mass is 32.1. The van der Waals surface area contributed by atoms with Crippen LogP contribution in [0.1, 0.15) is 51.9 Å². The van der Waals surface area contributed by atoms with E-state index in [4.69, 9.17) is 10.1 Å². The first kappa shape index (κ1) is 25.0. The largest absolute Gasteiger partial charge is 0.365 e. The summed E-state index contributed by atoms with van der Waals surface area (Å²) in [7, 11) is 1.93. The summed E-state index contributed by atoms with van der Waals surface area (Å²) in [5, 5.41) is 12.5. The Morgan fingerprint density at radius 2 is 1.97 bits per heavy atom. The zero-order chi connectivity index (χ0) is 24.9. The van der Waals surface area contributed by atoms with E-state index >= 15 is 0 Å². The molecular formula is C27H39N7OS. The van der Waals surface area contributed by atoms with Crippen LogP contribution in [0.2, 0.25) is 0 Å². The predicted molar refractivity (Wildman–Crippen MR) is 148 cm³/mol. The Bertz CT molecular complexity index is 1140. The first-order chi connectivity index (χ1) is 17.6. The second-order valence-electron chi connectivity index (χ2n) is 10.5. The second kappa shape index (κ2) is 11.6. The molecule has 0 radical (unpaired) electrons. The molecule has 2 aliphatic rings. The summed E-state index contributed by atoms with van der Waals surface area (Å²) in [5.74, 6) is 1.78. The fourth-order valence-corrected chi connectivity index (χ4v) is 6.30. The molecule has 1 aromatic carbocycles. The summed E-state index contributed by atoms with van der Waals surface area (Å²) in [5.41, 5.74) is 2.03. The highest BCUT2D eigenvalue weighted by Gasteiger charge is 2.24. The number of fused-ring (bicyclic) bond motifs is 1. The Morgan fingerprint density at radius 1 is 1.17 bits per heavy atom. The highest BCUT2D eigenvalue weighted by Crippen LogP contribution is 2.35. The van der Waals surface area contributed by atoms with Gasteiger partial charge in [0.1, 0.15) is 5.69 Å². The Kier molecular flexibility index (Phi) is 8.06. The van der Waals surface area contributed by atoms with Gasteiger partial charge in [0, 0.05) is 31.7 Å². The van der Waals surface area contributed by atoms with Crippen molar-refractivity contribution < 1.29 is 4.79 Å². The lowest BCUT2D eigenvalue weighted by molar-refractivity contribution is -0.119. The molecule has 1 amide bonds. The normalized spacial score (nSPS) is 19.1. The topological polar surface area (TPSA) is 77.8 Å². The highest BCUT2D eigenvalue weighted by molar-refractivity contribution is 7.20. The van der Waals surface area contributed by atoms with Gasteiger partial charge in [-0.1, -0.05) is 61.4 Å². The molecule has 1 saturated carbocycles. The lowest BCUT2D eigenvalue weighted by Gasteiger charge is -2.30. The third-order valence-electron chi connectivity index (χ3n) is 7.36. The van der Waals surface area contributed by atoms with Crippen LogP contribution in [0, 0.1) is 5.92 Å². The molecule has 36 heavy (non-hydrogen) atoms. The third-order valence-corrected chi connectivity index (χ3v) is 8.38. The van der Waals surface area contributed by atoms with E-state index in [1.54, 1.807) is 0 Å². The van der Waals surface area contributed by atoms with E-state index in [0.29, 0.717) is 12.6 Å². The van der Waals surface area contributed by atoms with Crippen LogP contribution in [0.3, 0.4) is 0 Å². The number of piperidine rings is 1. The molecule has 2 aromatic heterocycles. The first-order valence-electron chi connectivity index (χ1n) is 13.5. The number of hydrogen-bond acceptors (Lipinski definition) is 7. The Morgan fingerprint density at radius 3 is 2.75 bits per heavy atom. The lowest BCUT2D eigenvalue weighted by Crippen LogP contribution is -2.38. The maximum Gasteiger partial charge on any atom is 0.239 e. The van der Waals surface area contributed by atoms with Crippen molar-refractivity contribution in [3.05, 3.63) is 30.3 Å². The maximum absolute atomic E-state index is 12.6. The molecular weight excluding hydrogens is 470 g/mol. The SMILES string of the molecule is CC1CCCN(CCCNC(=O)CN(C)c2nn3c(NC4CCCC4)c(-c4ccccc4)nc3s2)C1. The molecule has 3 aromatic rings. The van der Waals surface area contributed by atoms with Crippen LogP contribution in [-0.2, 0) is 4.79 Å². The molecule has 2 N–H and O–H groups in total. The van der Waals surface area contributed by atoms with Gasteiger partial charge in [-0.25, -0.2) is 4.98 Å². The maximum atomic E-state index is 12.6. The Hall–Kier alpha value is -2.65. The van der Waals surface area contributed by atoms with Crippen LogP contribution in [0.25, 0.3) is 16.2 Å². The lowest BCUT2D eigenvalue weighted by atomic mass is 10.0. The van der Waals surface area contributed by atoms with Crippen molar-refractivity contribution in [1.82, 2.24) is 24.8 Å². The number of aromatic nitrogens is 3. The number of hydrogen-bond donors (Lipinski definition) is 2. The van der Waals surface area contributed by atoms with Crippen LogP contribution in [0.15, 0.2) is 30.3 Å². The summed E-state index contributed by atoms with van der Waals surface area (Å²) in [4.78, 5) is 22.8. The zero-order valence-electron chi connectivity index (χ0n) is 21.6. The molecule has 8 nitrogen and oxygen atoms in total. The zero-order valence-corrected chi connectivity index (χ0v) is 22.4. The summed E-state index contributed by atoms with van der Waals surface area (Å²) in [6.45, 7) is 6.77. The van der Waals surface area contributed by atoms with Crippen molar-refractivity contribution in [2.24, 2.45) is 5.92 Å². The minimum absolute atomic E-state index is 0.0339. The number of nitrogens with one attached hydrogen (secondary N) is 2. The summed E-state index contributed by atoms with van der Waals surface area (Å²) in [6, 6.07) is 10.7. The molecule has 0 spiro atoms. The number of carbonyl (C=O) groups is 1. The van der Waals surface area contributed by atoms with E-state index in [1.807, 2.05) is 34.7 Å². The smallest absolute Gasteiger partial charge is 0.239 e. The van der Waals surface area contributed by atoms with Gasteiger partial charge in [0.2, 0.25) is 16.0 Å². The standard InChI is InChI=1S/C27H39N7OS/c1-20-10-8-16-33(18-20)17-9-15-28-23(35)19-32(2)27-31-34-25(29-22-13-6-7-14-22)24(30-26(34)36-27)21-11-4-3-5-12-21/h3-5,11-12,20,22,29H,6-10,13-19H2,1-2H3,(H,28,35). The molecule has 1 saturated heterocycles. The van der Waals surface area contributed by atoms with Crippen molar-refractivity contribution in [2.45, 2.75) is 57.9 Å². The second-order valence-corrected chi connectivity index (χ2v) is 11.4. The van der Waals surface area contributed by atoms with Gasteiger partial charge in [0.05, 0.1) is 6.54 Å². The summed E-state index contributed by atoms with van der Waals surface area (Å²) >= 11 is 1.52. The number of likely N-dealkylation sites (tertiary alicyclic amines) is 1. The van der Waals surface area contributed by atoms with Gasteiger partial charge >= 0.3 is 0 Å². The van der Waals surface area contributed by atoms with Crippen LogP contribution in [0.4, 0.5) is 10.9 Å². The molecule has 9 heteroatoms. The Labute approximate surface area is 218 Å². The minimum atomic E-state index is 0.0339. The van der Waals surface area contributed by atoms with Crippen LogP contribution in [-0.4, -0.2) is 71.2 Å². The predicted octanol–water partition coefficient (Wildman–Crippen LogP) is 4.49. The van der Waals surface area contributed by atoms with Crippen molar-refractivity contribution in [1.29, 1.82) is 0 Å². The van der Waals surface area contributed by atoms with Gasteiger partial charge in [-0.05, 0) is 51.1 Å². The monoisotopic (exact) mass is 509 g/mol. The number of amides is 1. The van der Waals surface area contributed by atoms with E-state index in [-0.39, 0.29) is 12.5 Å². The van der Waals surface area contributed by atoms with Gasteiger partial charge < -0.3 is 20.4 Å². The minimum Gasteiger partial charge on any atom is -0.365 e. The van der Waals surface area contributed by atoms with Crippen LogP contribution >= 0.6 is 11.3 Å². The van der Waals surface area contributed by atoms with Gasteiger partial charge in [-0.15, -0.1) is 5.10 Å². The van der Waals surface area contributed by atoms with E-state index < -0.39 is 0 Å². The number of nitrogens with zero attached hydrogens (tertiary/aromatic N) is 5. The molecule has 1 aliphatic heterocycles. The van der Waals surface area contributed by atoms with E-state index in [9.17, 15) is 4.79 Å². The van der Waals surface area contributed by atoms with Gasteiger partial charge in [0.15, 0.2) is 5.82 Å². The van der Waals surface area contributed by atoms with E-state index in [2.05, 4.69) is 34.6 Å². The van der Waals surface area contributed by atoms with Gasteiger partial charge in [-0.3, -0.25) is 4.79 Å². The fourth-order valence-electron chi connectivity index (χ4n) is 5.44.